The summed E-state index contributed by atoms with van der Waals surface area (Å²) in [5.74, 6) is -3.99. The van der Waals surface area contributed by atoms with Crippen molar-refractivity contribution in [2.45, 2.75) is 19.4 Å². The Balaban J connectivity index is 2.17. The van der Waals surface area contributed by atoms with Gasteiger partial charge in [-0.15, -0.1) is 5.48 Å². The Labute approximate surface area is 158 Å². The third-order valence-corrected chi connectivity index (χ3v) is 4.80. The number of hydrogen-bond donors (Lipinski definition) is 3. The molecule has 1 aromatic heterocycles. The SMILES string of the molecule is CC1(C)NOC=C1c1c(C(N)=O)c2ccccc2n1-c1cc(F)c(O)c(F)c1. The molecule has 4 N–H and O–H groups in total. The smallest absolute Gasteiger partial charge is 0.251 e. The molecule has 0 spiro atoms. The van der Waals surface area contributed by atoms with Crippen LogP contribution in [0.25, 0.3) is 22.2 Å². The Morgan fingerprint density at radius 2 is 1.86 bits per heavy atom. The van der Waals surface area contributed by atoms with E-state index in [9.17, 15) is 18.7 Å². The average molecular weight is 385 g/mol. The number of para-hydroxylation sites is 1. The molecular formula is C20H17F2N3O3. The van der Waals surface area contributed by atoms with E-state index in [0.717, 1.165) is 12.1 Å². The average Bonchev–Trinajstić information content (AvgIpc) is 3.15. The van der Waals surface area contributed by atoms with Gasteiger partial charge < -0.3 is 20.2 Å². The van der Waals surface area contributed by atoms with Crippen molar-refractivity contribution in [3.05, 3.63) is 65.6 Å². The summed E-state index contributed by atoms with van der Waals surface area (Å²) in [6.45, 7) is 3.66. The van der Waals surface area contributed by atoms with Gasteiger partial charge in [0.15, 0.2) is 17.4 Å². The maximum Gasteiger partial charge on any atom is 0.251 e. The van der Waals surface area contributed by atoms with Crippen molar-refractivity contribution in [3.8, 4) is 11.4 Å². The number of nitrogens with one attached hydrogen (secondary N) is 1. The Morgan fingerprint density at radius 3 is 2.43 bits per heavy atom. The van der Waals surface area contributed by atoms with Gasteiger partial charge in [0.1, 0.15) is 6.26 Å². The zero-order chi connectivity index (χ0) is 20.2. The molecule has 28 heavy (non-hydrogen) atoms. The van der Waals surface area contributed by atoms with Crippen LogP contribution in [0.1, 0.15) is 29.9 Å². The topological polar surface area (TPSA) is 89.5 Å². The third kappa shape index (κ3) is 2.53. The van der Waals surface area contributed by atoms with Gasteiger partial charge in [0.25, 0.3) is 5.91 Å². The molecule has 1 amide bonds. The van der Waals surface area contributed by atoms with E-state index in [1.165, 1.54) is 10.8 Å². The van der Waals surface area contributed by atoms with Gasteiger partial charge >= 0.3 is 0 Å². The number of nitrogens with two attached hydrogens (primary N) is 1. The van der Waals surface area contributed by atoms with Crippen LogP contribution in [0.4, 0.5) is 8.78 Å². The second-order valence-electron chi connectivity index (χ2n) is 7.07. The zero-order valence-corrected chi connectivity index (χ0v) is 15.1. The van der Waals surface area contributed by atoms with Gasteiger partial charge in [0, 0.05) is 23.1 Å². The third-order valence-electron chi connectivity index (χ3n) is 4.80. The highest BCUT2D eigenvalue weighted by Crippen LogP contribution is 2.40. The van der Waals surface area contributed by atoms with E-state index in [1.807, 2.05) is 13.8 Å². The van der Waals surface area contributed by atoms with Crippen LogP contribution in [0.15, 0.2) is 42.7 Å². The number of aromatic nitrogens is 1. The molecule has 8 heteroatoms. The molecule has 0 atom stereocenters. The summed E-state index contributed by atoms with van der Waals surface area (Å²) in [5.41, 5.74) is 9.55. The van der Waals surface area contributed by atoms with Crippen LogP contribution >= 0.6 is 0 Å². The molecule has 0 fully saturated rings. The van der Waals surface area contributed by atoms with Crippen molar-refractivity contribution in [1.82, 2.24) is 10.0 Å². The summed E-state index contributed by atoms with van der Waals surface area (Å²) in [4.78, 5) is 17.6. The van der Waals surface area contributed by atoms with Gasteiger partial charge in [-0.25, -0.2) is 8.78 Å². The summed E-state index contributed by atoms with van der Waals surface area (Å²) < 4.78 is 29.7. The maximum absolute atomic E-state index is 14.1. The largest absolute Gasteiger partial charge is 0.503 e. The van der Waals surface area contributed by atoms with Gasteiger partial charge in [-0.05, 0) is 19.9 Å². The Kier molecular flexibility index (Phi) is 3.90. The Bertz CT molecular complexity index is 1140. The number of nitrogens with zero attached hydrogens (tertiary/aromatic N) is 1. The maximum atomic E-state index is 14.1. The van der Waals surface area contributed by atoms with Crippen LogP contribution in [-0.4, -0.2) is 21.1 Å². The molecule has 0 aliphatic carbocycles. The monoisotopic (exact) mass is 385 g/mol. The van der Waals surface area contributed by atoms with Crippen LogP contribution in [-0.2, 0) is 4.84 Å². The van der Waals surface area contributed by atoms with Crippen molar-refractivity contribution in [2.75, 3.05) is 0 Å². The molecule has 0 saturated heterocycles. The molecule has 1 aliphatic rings. The lowest BCUT2D eigenvalue weighted by atomic mass is 9.91. The summed E-state index contributed by atoms with van der Waals surface area (Å²) in [6, 6.07) is 8.89. The fourth-order valence-electron chi connectivity index (χ4n) is 3.48. The highest BCUT2D eigenvalue weighted by atomic mass is 19.1. The quantitative estimate of drug-likeness (QED) is 0.645. The van der Waals surface area contributed by atoms with Crippen molar-refractivity contribution < 1.29 is 23.5 Å². The molecule has 6 nitrogen and oxygen atoms in total. The van der Waals surface area contributed by atoms with Gasteiger partial charge in [-0.3, -0.25) is 4.79 Å². The number of aromatic hydroxyl groups is 1. The second kappa shape index (κ2) is 6.07. The van der Waals surface area contributed by atoms with Crippen LogP contribution in [0.3, 0.4) is 0 Å². The number of rotatable bonds is 3. The lowest BCUT2D eigenvalue weighted by Gasteiger charge is -2.22. The molecule has 2 heterocycles. The minimum Gasteiger partial charge on any atom is -0.503 e. The number of carbonyl (C=O) groups excluding carboxylic acids is 1. The molecule has 0 unspecified atom stereocenters. The first kappa shape index (κ1) is 18.0. The van der Waals surface area contributed by atoms with Gasteiger partial charge in [-0.2, -0.15) is 0 Å². The fraction of sp³-hybridized carbons (Fsp3) is 0.150. The molecule has 2 aromatic carbocycles. The molecule has 0 saturated carbocycles. The first-order valence-electron chi connectivity index (χ1n) is 8.48. The number of carbonyl (C=O) groups is 1. The molecule has 144 valence electrons. The van der Waals surface area contributed by atoms with Crippen LogP contribution in [0.2, 0.25) is 0 Å². The number of hydroxylamine groups is 1. The van der Waals surface area contributed by atoms with Crippen molar-refractivity contribution in [2.24, 2.45) is 5.73 Å². The van der Waals surface area contributed by atoms with Crippen LogP contribution < -0.4 is 11.2 Å². The molecule has 3 aromatic rings. The number of phenols is 1. The summed E-state index contributed by atoms with van der Waals surface area (Å²) in [6.07, 6.45) is 1.43. The first-order valence-corrected chi connectivity index (χ1v) is 8.48. The molecule has 1 aliphatic heterocycles. The minimum atomic E-state index is -1.12. The lowest BCUT2D eigenvalue weighted by molar-refractivity contribution is 0.100. The van der Waals surface area contributed by atoms with Crippen LogP contribution in [0, 0.1) is 11.6 Å². The zero-order valence-electron chi connectivity index (χ0n) is 15.1. The predicted octanol–water partition coefficient (Wildman–Crippen LogP) is 3.37. The van der Waals surface area contributed by atoms with Gasteiger partial charge in [-0.1, -0.05) is 18.2 Å². The number of primary amides is 1. The fourth-order valence-corrected chi connectivity index (χ4v) is 3.48. The van der Waals surface area contributed by atoms with E-state index in [-0.39, 0.29) is 11.3 Å². The Morgan fingerprint density at radius 1 is 1.21 bits per heavy atom. The van der Waals surface area contributed by atoms with E-state index in [1.54, 1.807) is 24.3 Å². The van der Waals surface area contributed by atoms with E-state index >= 15 is 0 Å². The van der Waals surface area contributed by atoms with Crippen molar-refractivity contribution in [3.63, 3.8) is 0 Å². The van der Waals surface area contributed by atoms with E-state index in [2.05, 4.69) is 5.48 Å². The number of benzene rings is 2. The highest BCUT2D eigenvalue weighted by Gasteiger charge is 2.36. The predicted molar refractivity (Wildman–Crippen MR) is 99.7 cm³/mol. The lowest BCUT2D eigenvalue weighted by Crippen LogP contribution is -2.35. The number of hydrogen-bond acceptors (Lipinski definition) is 4. The van der Waals surface area contributed by atoms with E-state index in [4.69, 9.17) is 10.6 Å². The second-order valence-corrected chi connectivity index (χ2v) is 7.07. The summed E-state index contributed by atoms with van der Waals surface area (Å²) in [5, 5.41) is 10.0. The van der Waals surface area contributed by atoms with Gasteiger partial charge in [0.2, 0.25) is 0 Å². The number of fused-ring (bicyclic) bond motifs is 1. The normalized spacial score (nSPS) is 15.5. The molecule has 0 bridgehead atoms. The summed E-state index contributed by atoms with van der Waals surface area (Å²) in [7, 11) is 0. The number of phenolic OH excluding ortho intramolecular Hbond substituents is 1. The van der Waals surface area contributed by atoms with E-state index < -0.39 is 28.8 Å². The van der Waals surface area contributed by atoms with Gasteiger partial charge in [0.05, 0.1) is 28.0 Å². The summed E-state index contributed by atoms with van der Waals surface area (Å²) >= 11 is 0. The number of halogens is 2. The minimum absolute atomic E-state index is 0.0927. The van der Waals surface area contributed by atoms with E-state index in [0.29, 0.717) is 22.2 Å². The van der Waals surface area contributed by atoms with Crippen molar-refractivity contribution >= 4 is 22.4 Å². The molecule has 4 rings (SSSR count). The van der Waals surface area contributed by atoms with Crippen molar-refractivity contribution in [1.29, 1.82) is 0 Å². The highest BCUT2D eigenvalue weighted by molar-refractivity contribution is 6.11. The Hall–Kier alpha value is -3.39. The number of amides is 1. The first-order chi connectivity index (χ1) is 13.2. The standard InChI is InChI=1S/C20H17F2N3O3/c1-20(2)12(9-28-24-20)17-16(19(23)27)11-5-3-4-6-15(11)25(17)10-7-13(21)18(26)14(22)8-10/h3-9,24,26H,1-2H3,(H2,23,27). The molecular weight excluding hydrogens is 368 g/mol. The molecule has 0 radical (unpaired) electrons. The van der Waals surface area contributed by atoms with Crippen LogP contribution in [0.5, 0.6) is 5.75 Å².